The van der Waals surface area contributed by atoms with E-state index < -0.39 is 0 Å². The van der Waals surface area contributed by atoms with Gasteiger partial charge in [-0.1, -0.05) is 26.0 Å². The fourth-order valence-corrected chi connectivity index (χ4v) is 2.03. The minimum Gasteiger partial charge on any atom is -0.465 e. The molecule has 18 heavy (non-hydrogen) atoms. The highest BCUT2D eigenvalue weighted by Crippen LogP contribution is 2.32. The zero-order valence-corrected chi connectivity index (χ0v) is 11.2. The van der Waals surface area contributed by atoms with Crippen molar-refractivity contribution in [3.05, 3.63) is 35.4 Å². The van der Waals surface area contributed by atoms with Crippen molar-refractivity contribution in [2.24, 2.45) is 0 Å². The van der Waals surface area contributed by atoms with Gasteiger partial charge < -0.3 is 9.53 Å². The molecule has 0 saturated heterocycles. The van der Waals surface area contributed by atoms with Gasteiger partial charge in [0.15, 0.2) is 0 Å². The van der Waals surface area contributed by atoms with Crippen LogP contribution in [-0.4, -0.2) is 19.4 Å². The third-order valence-electron chi connectivity index (χ3n) is 3.60. The third kappa shape index (κ3) is 3.19. The Morgan fingerprint density at radius 3 is 2.39 bits per heavy atom. The smallest absolute Gasteiger partial charge is 0.337 e. The second-order valence-corrected chi connectivity index (χ2v) is 4.69. The first-order chi connectivity index (χ1) is 8.57. The average Bonchev–Trinajstić information content (AvgIpc) is 2.44. The van der Waals surface area contributed by atoms with Crippen molar-refractivity contribution in [1.29, 1.82) is 0 Å². The lowest BCUT2D eigenvalue weighted by Gasteiger charge is -2.28. The molecule has 3 nitrogen and oxygen atoms in total. The van der Waals surface area contributed by atoms with Crippen molar-refractivity contribution in [3.8, 4) is 0 Å². The summed E-state index contributed by atoms with van der Waals surface area (Å²) in [6.45, 7) is 4.25. The van der Waals surface area contributed by atoms with Crippen LogP contribution in [0.5, 0.6) is 0 Å². The number of ether oxygens (including phenoxy) is 1. The van der Waals surface area contributed by atoms with E-state index in [1.54, 1.807) is 12.1 Å². The molecule has 0 bridgehead atoms. The molecule has 0 fully saturated rings. The highest BCUT2D eigenvalue weighted by molar-refractivity contribution is 5.89. The SMILES string of the molecule is CC[C@](C)(CCC=O)c1ccc(C(=O)OC)cc1. The molecule has 3 heteroatoms. The molecule has 0 radical (unpaired) electrons. The molecule has 0 aliphatic rings. The van der Waals surface area contributed by atoms with Gasteiger partial charge in [-0.25, -0.2) is 4.79 Å². The monoisotopic (exact) mass is 248 g/mol. The second kappa shape index (κ2) is 6.34. The van der Waals surface area contributed by atoms with Crippen LogP contribution in [0.1, 0.15) is 49.0 Å². The minimum atomic E-state index is -0.326. The molecule has 0 saturated carbocycles. The predicted octanol–water partition coefficient (Wildman–Crippen LogP) is 3.12. The van der Waals surface area contributed by atoms with E-state index in [9.17, 15) is 9.59 Å². The maximum absolute atomic E-state index is 11.3. The summed E-state index contributed by atoms with van der Waals surface area (Å²) in [6, 6.07) is 7.44. The normalized spacial score (nSPS) is 13.7. The Kier molecular flexibility index (Phi) is 5.08. The van der Waals surface area contributed by atoms with Crippen LogP contribution in [0.15, 0.2) is 24.3 Å². The molecule has 0 aliphatic carbocycles. The van der Waals surface area contributed by atoms with Gasteiger partial charge in [-0.2, -0.15) is 0 Å². The first kappa shape index (κ1) is 14.4. The van der Waals surface area contributed by atoms with Crippen molar-refractivity contribution in [2.75, 3.05) is 7.11 Å². The number of benzene rings is 1. The van der Waals surface area contributed by atoms with E-state index in [0.29, 0.717) is 12.0 Å². The molecular weight excluding hydrogens is 228 g/mol. The standard InChI is InChI=1S/C15H20O3/c1-4-15(2,10-5-11-16)13-8-6-12(7-9-13)14(17)18-3/h6-9,11H,4-5,10H2,1-3H3/t15-/m1/s1. The van der Waals surface area contributed by atoms with E-state index >= 15 is 0 Å². The Bertz CT molecular complexity index is 408. The van der Waals surface area contributed by atoms with Crippen molar-refractivity contribution in [2.45, 2.75) is 38.5 Å². The van der Waals surface area contributed by atoms with Gasteiger partial charge in [0.25, 0.3) is 0 Å². The number of aldehydes is 1. The van der Waals surface area contributed by atoms with Crippen LogP contribution in [0.2, 0.25) is 0 Å². The topological polar surface area (TPSA) is 43.4 Å². The maximum Gasteiger partial charge on any atom is 0.337 e. The largest absolute Gasteiger partial charge is 0.465 e. The summed E-state index contributed by atoms with van der Waals surface area (Å²) in [4.78, 5) is 21.9. The second-order valence-electron chi connectivity index (χ2n) is 4.69. The zero-order valence-electron chi connectivity index (χ0n) is 11.2. The molecule has 0 amide bonds. The van der Waals surface area contributed by atoms with E-state index in [0.717, 1.165) is 24.7 Å². The molecule has 0 aliphatic heterocycles. The van der Waals surface area contributed by atoms with Crippen molar-refractivity contribution >= 4 is 12.3 Å². The quantitative estimate of drug-likeness (QED) is 0.574. The Labute approximate surface area is 108 Å². The number of rotatable bonds is 6. The molecule has 1 atom stereocenters. The zero-order chi connectivity index (χ0) is 13.6. The number of carbonyl (C=O) groups excluding carboxylic acids is 2. The maximum atomic E-state index is 11.3. The van der Waals surface area contributed by atoms with Crippen molar-refractivity contribution in [3.63, 3.8) is 0 Å². The number of methoxy groups -OCH3 is 1. The van der Waals surface area contributed by atoms with Crippen molar-refractivity contribution in [1.82, 2.24) is 0 Å². The summed E-state index contributed by atoms with van der Waals surface area (Å²) in [5.74, 6) is -0.326. The van der Waals surface area contributed by atoms with Crippen LogP contribution < -0.4 is 0 Å². The van der Waals surface area contributed by atoms with E-state index in [1.807, 2.05) is 12.1 Å². The lowest BCUT2D eigenvalue weighted by Crippen LogP contribution is -2.21. The summed E-state index contributed by atoms with van der Waals surface area (Å²) in [6.07, 6.45) is 3.29. The first-order valence-corrected chi connectivity index (χ1v) is 6.20. The van der Waals surface area contributed by atoms with Gasteiger partial charge in [-0.3, -0.25) is 0 Å². The predicted molar refractivity (Wildman–Crippen MR) is 70.7 cm³/mol. The Balaban J connectivity index is 2.94. The highest BCUT2D eigenvalue weighted by atomic mass is 16.5. The molecule has 1 rings (SSSR count). The number of hydrogen-bond donors (Lipinski definition) is 0. The summed E-state index contributed by atoms with van der Waals surface area (Å²) < 4.78 is 4.67. The van der Waals surface area contributed by atoms with Gasteiger partial charge in [-0.15, -0.1) is 0 Å². The fourth-order valence-electron chi connectivity index (χ4n) is 2.03. The van der Waals surface area contributed by atoms with Crippen LogP contribution in [-0.2, 0) is 14.9 Å². The van der Waals surface area contributed by atoms with E-state index in [2.05, 4.69) is 18.6 Å². The Morgan fingerprint density at radius 1 is 1.33 bits per heavy atom. The van der Waals surface area contributed by atoms with Crippen LogP contribution >= 0.6 is 0 Å². The van der Waals surface area contributed by atoms with Crippen LogP contribution in [0.25, 0.3) is 0 Å². The van der Waals surface area contributed by atoms with Gasteiger partial charge in [0.1, 0.15) is 6.29 Å². The highest BCUT2D eigenvalue weighted by Gasteiger charge is 2.24. The molecule has 0 N–H and O–H groups in total. The number of hydrogen-bond acceptors (Lipinski definition) is 3. The molecule has 0 unspecified atom stereocenters. The van der Waals surface area contributed by atoms with E-state index in [1.165, 1.54) is 7.11 Å². The van der Waals surface area contributed by atoms with Gasteiger partial charge in [0, 0.05) is 6.42 Å². The minimum absolute atomic E-state index is 0.0183. The summed E-state index contributed by atoms with van der Waals surface area (Å²) in [5.41, 5.74) is 1.69. The van der Waals surface area contributed by atoms with Gasteiger partial charge in [0.2, 0.25) is 0 Å². The lowest BCUT2D eigenvalue weighted by molar-refractivity contribution is -0.108. The third-order valence-corrected chi connectivity index (χ3v) is 3.60. The first-order valence-electron chi connectivity index (χ1n) is 6.20. The summed E-state index contributed by atoms with van der Waals surface area (Å²) >= 11 is 0. The summed E-state index contributed by atoms with van der Waals surface area (Å²) in [7, 11) is 1.37. The van der Waals surface area contributed by atoms with Gasteiger partial charge in [0.05, 0.1) is 12.7 Å². The Hall–Kier alpha value is -1.64. The van der Waals surface area contributed by atoms with Crippen LogP contribution in [0.3, 0.4) is 0 Å². The molecule has 0 heterocycles. The van der Waals surface area contributed by atoms with Crippen LogP contribution in [0, 0.1) is 0 Å². The molecule has 0 aromatic heterocycles. The average molecular weight is 248 g/mol. The number of carbonyl (C=O) groups is 2. The Morgan fingerprint density at radius 2 is 1.94 bits per heavy atom. The summed E-state index contributed by atoms with van der Waals surface area (Å²) in [5, 5.41) is 0. The van der Waals surface area contributed by atoms with E-state index in [4.69, 9.17) is 0 Å². The molecule has 98 valence electrons. The lowest BCUT2D eigenvalue weighted by atomic mass is 9.76. The van der Waals surface area contributed by atoms with Crippen molar-refractivity contribution < 1.29 is 14.3 Å². The number of esters is 1. The molecule has 1 aromatic rings. The molecule has 0 spiro atoms. The fraction of sp³-hybridized carbons (Fsp3) is 0.467. The van der Waals surface area contributed by atoms with Gasteiger partial charge in [-0.05, 0) is 36.0 Å². The van der Waals surface area contributed by atoms with Gasteiger partial charge >= 0.3 is 5.97 Å². The molecule has 1 aromatic carbocycles. The van der Waals surface area contributed by atoms with Crippen LogP contribution in [0.4, 0.5) is 0 Å². The van der Waals surface area contributed by atoms with E-state index in [-0.39, 0.29) is 11.4 Å². The molecular formula is C15H20O3.